The molecule has 3 rings (SSSR count). The molecule has 5 nitrogen and oxygen atoms in total. The van der Waals surface area contributed by atoms with Crippen molar-refractivity contribution in [3.63, 3.8) is 0 Å². The molecule has 0 saturated carbocycles. The standard InChI is InChI=1S/C18H18N2O3/c1-12-15(10-17(21)22-2)18(19-11-13-6-5-9-23-13)14-7-3-4-8-16(14)20-12/h3-9H,10-11H2,1-2H3,(H,19,20). The number of aromatic nitrogens is 1. The number of ether oxygens (including phenoxy) is 1. The minimum atomic E-state index is -0.286. The fraction of sp³-hybridized carbons (Fsp3) is 0.222. The monoisotopic (exact) mass is 310 g/mol. The van der Waals surface area contributed by atoms with Gasteiger partial charge in [0.25, 0.3) is 0 Å². The third-order valence-electron chi connectivity index (χ3n) is 3.77. The second-order valence-electron chi connectivity index (χ2n) is 5.25. The van der Waals surface area contributed by atoms with Gasteiger partial charge in [0.2, 0.25) is 0 Å². The van der Waals surface area contributed by atoms with Crippen molar-refractivity contribution in [2.24, 2.45) is 0 Å². The molecule has 0 aliphatic heterocycles. The number of rotatable bonds is 5. The first-order valence-corrected chi connectivity index (χ1v) is 7.40. The maximum atomic E-state index is 11.8. The molecule has 2 heterocycles. The molecule has 1 aromatic carbocycles. The summed E-state index contributed by atoms with van der Waals surface area (Å²) in [4.78, 5) is 16.4. The number of furan rings is 1. The zero-order valence-corrected chi connectivity index (χ0v) is 13.1. The first kappa shape index (κ1) is 15.1. The molecule has 0 spiro atoms. The summed E-state index contributed by atoms with van der Waals surface area (Å²) in [7, 11) is 1.39. The van der Waals surface area contributed by atoms with Crippen LogP contribution in [0.2, 0.25) is 0 Å². The molecular formula is C18H18N2O3. The third kappa shape index (κ3) is 3.18. The quantitative estimate of drug-likeness (QED) is 0.731. The van der Waals surface area contributed by atoms with Gasteiger partial charge in [-0.05, 0) is 25.1 Å². The van der Waals surface area contributed by atoms with Crippen LogP contribution in [0.1, 0.15) is 17.0 Å². The Morgan fingerprint density at radius 1 is 1.26 bits per heavy atom. The van der Waals surface area contributed by atoms with E-state index in [4.69, 9.17) is 9.15 Å². The molecule has 0 fully saturated rings. The Bertz CT molecular complexity index is 826. The van der Waals surface area contributed by atoms with Gasteiger partial charge < -0.3 is 14.5 Å². The second-order valence-corrected chi connectivity index (χ2v) is 5.25. The molecular weight excluding hydrogens is 292 g/mol. The van der Waals surface area contributed by atoms with Crippen LogP contribution < -0.4 is 5.32 Å². The van der Waals surface area contributed by atoms with E-state index in [9.17, 15) is 4.79 Å². The topological polar surface area (TPSA) is 64.4 Å². The van der Waals surface area contributed by atoms with Gasteiger partial charge in [0.05, 0.1) is 31.9 Å². The molecule has 23 heavy (non-hydrogen) atoms. The largest absolute Gasteiger partial charge is 0.469 e. The van der Waals surface area contributed by atoms with Gasteiger partial charge in [0.1, 0.15) is 5.76 Å². The molecule has 0 unspecified atom stereocenters. The van der Waals surface area contributed by atoms with Gasteiger partial charge in [-0.25, -0.2) is 0 Å². The molecule has 0 bridgehead atoms. The second kappa shape index (κ2) is 6.52. The summed E-state index contributed by atoms with van der Waals surface area (Å²) in [5.41, 5.74) is 3.45. The van der Waals surface area contributed by atoms with Crippen LogP contribution in [0.15, 0.2) is 47.1 Å². The summed E-state index contributed by atoms with van der Waals surface area (Å²) >= 11 is 0. The highest BCUT2D eigenvalue weighted by atomic mass is 16.5. The van der Waals surface area contributed by atoms with Crippen molar-refractivity contribution in [2.75, 3.05) is 12.4 Å². The number of anilines is 1. The lowest BCUT2D eigenvalue weighted by molar-refractivity contribution is -0.139. The van der Waals surface area contributed by atoms with Crippen LogP contribution in [0.3, 0.4) is 0 Å². The first-order valence-electron chi connectivity index (χ1n) is 7.40. The maximum Gasteiger partial charge on any atom is 0.310 e. The van der Waals surface area contributed by atoms with E-state index in [0.717, 1.165) is 33.6 Å². The number of nitrogens with zero attached hydrogens (tertiary/aromatic N) is 1. The minimum Gasteiger partial charge on any atom is -0.469 e. The van der Waals surface area contributed by atoms with E-state index < -0.39 is 0 Å². The van der Waals surface area contributed by atoms with E-state index in [1.807, 2.05) is 43.3 Å². The van der Waals surface area contributed by atoms with Crippen molar-refractivity contribution in [1.29, 1.82) is 0 Å². The van der Waals surface area contributed by atoms with Crippen molar-refractivity contribution in [1.82, 2.24) is 4.98 Å². The van der Waals surface area contributed by atoms with Crippen LogP contribution in [0, 0.1) is 6.92 Å². The Kier molecular flexibility index (Phi) is 4.28. The van der Waals surface area contributed by atoms with E-state index in [1.54, 1.807) is 6.26 Å². The molecule has 0 aliphatic carbocycles. The summed E-state index contributed by atoms with van der Waals surface area (Å²) in [6.45, 7) is 2.44. The average molecular weight is 310 g/mol. The fourth-order valence-electron chi connectivity index (χ4n) is 2.60. The lowest BCUT2D eigenvalue weighted by Gasteiger charge is -2.16. The van der Waals surface area contributed by atoms with Gasteiger partial charge in [-0.15, -0.1) is 0 Å². The number of methoxy groups -OCH3 is 1. The molecule has 0 radical (unpaired) electrons. The number of aryl methyl sites for hydroxylation is 1. The Balaban J connectivity index is 2.05. The number of esters is 1. The van der Waals surface area contributed by atoms with Gasteiger partial charge in [-0.2, -0.15) is 0 Å². The van der Waals surface area contributed by atoms with Crippen LogP contribution in [-0.4, -0.2) is 18.1 Å². The number of hydrogen-bond donors (Lipinski definition) is 1. The Labute approximate surface area is 134 Å². The van der Waals surface area contributed by atoms with Crippen LogP contribution in [0.4, 0.5) is 5.69 Å². The summed E-state index contributed by atoms with van der Waals surface area (Å²) < 4.78 is 10.2. The van der Waals surface area contributed by atoms with Crippen LogP contribution in [-0.2, 0) is 22.5 Å². The fourth-order valence-corrected chi connectivity index (χ4v) is 2.60. The van der Waals surface area contributed by atoms with Gasteiger partial charge >= 0.3 is 5.97 Å². The molecule has 3 aromatic rings. The molecule has 1 N–H and O–H groups in total. The van der Waals surface area contributed by atoms with Gasteiger partial charge in [-0.1, -0.05) is 18.2 Å². The number of carbonyl (C=O) groups is 1. The van der Waals surface area contributed by atoms with E-state index in [0.29, 0.717) is 6.54 Å². The third-order valence-corrected chi connectivity index (χ3v) is 3.77. The molecule has 0 saturated heterocycles. The number of pyridine rings is 1. The van der Waals surface area contributed by atoms with Crippen LogP contribution in [0.25, 0.3) is 10.9 Å². The van der Waals surface area contributed by atoms with Crippen molar-refractivity contribution in [2.45, 2.75) is 19.9 Å². The zero-order chi connectivity index (χ0) is 16.2. The molecule has 118 valence electrons. The van der Waals surface area contributed by atoms with Crippen molar-refractivity contribution in [3.8, 4) is 0 Å². The van der Waals surface area contributed by atoms with Crippen molar-refractivity contribution < 1.29 is 13.9 Å². The predicted molar refractivity (Wildman–Crippen MR) is 88.2 cm³/mol. The lowest BCUT2D eigenvalue weighted by atomic mass is 10.0. The maximum absolute atomic E-state index is 11.8. The summed E-state index contributed by atoms with van der Waals surface area (Å²) in [5.74, 6) is 0.541. The van der Waals surface area contributed by atoms with Crippen molar-refractivity contribution in [3.05, 3.63) is 59.7 Å². The zero-order valence-electron chi connectivity index (χ0n) is 13.1. The van der Waals surface area contributed by atoms with E-state index in [-0.39, 0.29) is 12.4 Å². The molecule has 5 heteroatoms. The van der Waals surface area contributed by atoms with Gasteiger partial charge in [0, 0.05) is 22.3 Å². The smallest absolute Gasteiger partial charge is 0.310 e. The predicted octanol–water partition coefficient (Wildman–Crippen LogP) is 3.46. The average Bonchev–Trinajstić information content (AvgIpc) is 3.07. The Morgan fingerprint density at radius 2 is 2.09 bits per heavy atom. The number of fused-ring (bicyclic) bond motifs is 1. The molecule has 2 aromatic heterocycles. The number of benzene rings is 1. The number of hydrogen-bond acceptors (Lipinski definition) is 5. The minimum absolute atomic E-state index is 0.181. The summed E-state index contributed by atoms with van der Waals surface area (Å²) in [6.07, 6.45) is 1.82. The Hall–Kier alpha value is -2.82. The van der Waals surface area contributed by atoms with Crippen LogP contribution >= 0.6 is 0 Å². The number of carbonyl (C=O) groups excluding carboxylic acids is 1. The number of para-hydroxylation sites is 1. The molecule has 0 aliphatic rings. The molecule has 0 amide bonds. The lowest BCUT2D eigenvalue weighted by Crippen LogP contribution is -2.11. The summed E-state index contributed by atoms with van der Waals surface area (Å²) in [5, 5.41) is 4.36. The number of nitrogens with one attached hydrogen (secondary N) is 1. The van der Waals surface area contributed by atoms with Crippen LogP contribution in [0.5, 0.6) is 0 Å². The highest BCUT2D eigenvalue weighted by Gasteiger charge is 2.16. The normalized spacial score (nSPS) is 10.7. The molecule has 0 atom stereocenters. The summed E-state index contributed by atoms with van der Waals surface area (Å²) in [6, 6.07) is 11.6. The van der Waals surface area contributed by atoms with Gasteiger partial charge in [0.15, 0.2) is 0 Å². The SMILES string of the molecule is COC(=O)Cc1c(C)nc2ccccc2c1NCc1ccco1. The Morgan fingerprint density at radius 3 is 2.83 bits per heavy atom. The van der Waals surface area contributed by atoms with E-state index in [2.05, 4.69) is 10.3 Å². The highest BCUT2D eigenvalue weighted by Crippen LogP contribution is 2.29. The van der Waals surface area contributed by atoms with E-state index >= 15 is 0 Å². The van der Waals surface area contributed by atoms with E-state index in [1.165, 1.54) is 7.11 Å². The first-order chi connectivity index (χ1) is 11.2. The highest BCUT2D eigenvalue weighted by molar-refractivity contribution is 5.94. The van der Waals surface area contributed by atoms with Crippen molar-refractivity contribution >= 4 is 22.6 Å². The van der Waals surface area contributed by atoms with Gasteiger partial charge in [-0.3, -0.25) is 9.78 Å².